The van der Waals surface area contributed by atoms with E-state index in [1.54, 1.807) is 7.11 Å². The quantitative estimate of drug-likeness (QED) is 0.213. The van der Waals surface area contributed by atoms with Crippen molar-refractivity contribution in [2.75, 3.05) is 7.11 Å². The summed E-state index contributed by atoms with van der Waals surface area (Å²) in [7, 11) is 1.78. The van der Waals surface area contributed by atoms with Crippen LogP contribution in [-0.2, 0) is 30.4 Å². The number of aliphatic hydroxyl groups excluding tert-OH is 1. The number of aliphatic hydroxyl groups is 1. The van der Waals surface area contributed by atoms with Crippen LogP contribution in [-0.4, -0.2) is 24.4 Å². The van der Waals surface area contributed by atoms with Gasteiger partial charge in [0, 0.05) is 16.1 Å². The van der Waals surface area contributed by atoms with Crippen LogP contribution < -0.4 is 0 Å². The van der Waals surface area contributed by atoms with E-state index in [1.807, 2.05) is 66.7 Å². The van der Waals surface area contributed by atoms with Crippen LogP contribution in [0.5, 0.6) is 0 Å². The van der Waals surface area contributed by atoms with Crippen LogP contribution in [0.4, 0.5) is 0 Å². The molecule has 0 amide bonds. The summed E-state index contributed by atoms with van der Waals surface area (Å²) in [6.07, 6.45) is 3.17. The predicted molar refractivity (Wildman–Crippen MR) is 153 cm³/mol. The molecule has 1 N–H and O–H groups in total. The number of methoxy groups -OCH3 is 1. The fourth-order valence-corrected chi connectivity index (χ4v) is 4.83. The fraction of sp³-hybridized carbons (Fsp3) is 0.226. The Balaban J connectivity index is 0.000000196. The third-order valence-corrected chi connectivity index (χ3v) is 6.65. The van der Waals surface area contributed by atoms with Crippen molar-refractivity contribution in [3.05, 3.63) is 140 Å². The lowest BCUT2D eigenvalue weighted by Crippen LogP contribution is -2.17. The molecule has 4 aromatic rings. The maximum Gasteiger partial charge on any atom is 0.0651 e. The average Bonchev–Trinajstić information content (AvgIpc) is 2.85. The zero-order valence-corrected chi connectivity index (χ0v) is 23.2. The van der Waals surface area contributed by atoms with Crippen molar-refractivity contribution in [2.24, 2.45) is 0 Å². The molecule has 0 bridgehead atoms. The molecule has 2 atom stereocenters. The molecule has 0 saturated carbocycles. The van der Waals surface area contributed by atoms with Gasteiger partial charge in [0.1, 0.15) is 0 Å². The first kappa shape index (κ1) is 27.3. The molecule has 182 valence electrons. The number of ether oxygens (including phenoxy) is 1. The third kappa shape index (κ3) is 10.5. The van der Waals surface area contributed by atoms with Crippen molar-refractivity contribution in [3.63, 3.8) is 0 Å². The predicted octanol–water partition coefficient (Wildman–Crippen LogP) is 7.84. The van der Waals surface area contributed by atoms with Gasteiger partial charge in [-0.15, -0.1) is 0 Å². The number of hydrogen-bond acceptors (Lipinski definition) is 2. The van der Waals surface area contributed by atoms with Crippen LogP contribution in [0.3, 0.4) is 0 Å². The molecule has 0 aromatic heterocycles. The van der Waals surface area contributed by atoms with Crippen LogP contribution in [0.1, 0.15) is 22.3 Å². The van der Waals surface area contributed by atoms with Gasteiger partial charge in [-0.1, -0.05) is 117 Å². The Morgan fingerprint density at radius 3 is 1.46 bits per heavy atom. The van der Waals surface area contributed by atoms with Gasteiger partial charge in [-0.2, -0.15) is 0 Å². The zero-order valence-electron chi connectivity index (χ0n) is 20.0. The number of rotatable bonds is 9. The fourth-order valence-electron chi connectivity index (χ4n) is 3.94. The van der Waals surface area contributed by atoms with E-state index < -0.39 is 0 Å². The largest absolute Gasteiger partial charge is 0.392 e. The Labute approximate surface area is 226 Å². The van der Waals surface area contributed by atoms with Crippen molar-refractivity contribution >= 4 is 31.9 Å². The summed E-state index contributed by atoms with van der Waals surface area (Å²) in [5.74, 6) is 0. The van der Waals surface area contributed by atoms with Crippen LogP contribution >= 0.6 is 31.9 Å². The molecule has 0 heterocycles. The molecule has 0 fully saturated rings. The highest BCUT2D eigenvalue weighted by molar-refractivity contribution is 9.10. The van der Waals surface area contributed by atoms with Crippen molar-refractivity contribution in [1.82, 2.24) is 0 Å². The summed E-state index contributed by atoms with van der Waals surface area (Å²) >= 11 is 6.94. The molecule has 0 saturated heterocycles. The second kappa shape index (κ2) is 15.0. The van der Waals surface area contributed by atoms with Gasteiger partial charge < -0.3 is 9.84 Å². The minimum atomic E-state index is -0.327. The maximum atomic E-state index is 10.0. The Kier molecular flexibility index (Phi) is 11.7. The Morgan fingerprint density at radius 2 is 0.971 bits per heavy atom. The molecule has 35 heavy (non-hydrogen) atoms. The summed E-state index contributed by atoms with van der Waals surface area (Å²) in [6, 6.07) is 37.0. The van der Waals surface area contributed by atoms with Gasteiger partial charge in [0.25, 0.3) is 0 Å². The summed E-state index contributed by atoms with van der Waals surface area (Å²) < 4.78 is 7.76. The Hall–Kier alpha value is -2.24. The molecule has 4 rings (SSSR count). The molecule has 4 heteroatoms. The van der Waals surface area contributed by atoms with Crippen molar-refractivity contribution in [3.8, 4) is 0 Å². The number of benzene rings is 4. The van der Waals surface area contributed by atoms with E-state index >= 15 is 0 Å². The normalized spacial score (nSPS) is 12.3. The van der Waals surface area contributed by atoms with Gasteiger partial charge in [-0.25, -0.2) is 0 Å². The molecule has 2 nitrogen and oxygen atoms in total. The van der Waals surface area contributed by atoms with Gasteiger partial charge in [0.15, 0.2) is 0 Å². The summed E-state index contributed by atoms with van der Waals surface area (Å²) in [4.78, 5) is 0. The summed E-state index contributed by atoms with van der Waals surface area (Å²) in [5, 5.41) is 10.0. The third-order valence-electron chi connectivity index (χ3n) is 5.67. The minimum absolute atomic E-state index is 0.224. The highest BCUT2D eigenvalue weighted by Gasteiger charge is 2.10. The zero-order chi connectivity index (χ0) is 24.9. The molecular formula is C31H32Br2O2. The van der Waals surface area contributed by atoms with Crippen molar-refractivity contribution in [2.45, 2.75) is 37.9 Å². The molecular weight excluding hydrogens is 564 g/mol. The van der Waals surface area contributed by atoms with E-state index in [-0.39, 0.29) is 12.2 Å². The van der Waals surface area contributed by atoms with E-state index in [4.69, 9.17) is 4.74 Å². The molecule has 0 spiro atoms. The van der Waals surface area contributed by atoms with Gasteiger partial charge in [-0.05, 0) is 72.2 Å². The van der Waals surface area contributed by atoms with E-state index in [0.717, 1.165) is 27.4 Å². The second-order valence-corrected chi connectivity index (χ2v) is 10.4. The van der Waals surface area contributed by atoms with Crippen molar-refractivity contribution in [1.29, 1.82) is 0 Å². The molecule has 0 aliphatic heterocycles. The van der Waals surface area contributed by atoms with Crippen molar-refractivity contribution < 1.29 is 9.84 Å². The van der Waals surface area contributed by atoms with Gasteiger partial charge >= 0.3 is 0 Å². The van der Waals surface area contributed by atoms with Crippen LogP contribution in [0, 0.1) is 0 Å². The standard InChI is InChI=1S/C16H17BrO.C15H15BrO/c1-18-16(11-13-6-3-2-4-7-13)12-14-8-5-9-15(17)10-14;16-14-8-4-7-13(9-14)11-15(17)10-12-5-2-1-3-6-12/h2-10,16H,11-12H2,1H3;1-9,15,17H,10-11H2/t16-;15-/m11/s1. The first-order valence-corrected chi connectivity index (χ1v) is 13.4. The topological polar surface area (TPSA) is 29.5 Å². The van der Waals surface area contributed by atoms with E-state index in [0.29, 0.717) is 12.8 Å². The van der Waals surface area contributed by atoms with Crippen LogP contribution in [0.2, 0.25) is 0 Å². The lowest BCUT2D eigenvalue weighted by atomic mass is 10.0. The molecule has 4 aromatic carbocycles. The van der Waals surface area contributed by atoms with Gasteiger partial charge in [-0.3, -0.25) is 0 Å². The smallest absolute Gasteiger partial charge is 0.0651 e. The average molecular weight is 596 g/mol. The highest BCUT2D eigenvalue weighted by atomic mass is 79.9. The molecule has 0 aliphatic rings. The maximum absolute atomic E-state index is 10.0. The van der Waals surface area contributed by atoms with Gasteiger partial charge in [0.2, 0.25) is 0 Å². The SMILES string of the molecule is CO[C@H](Cc1ccccc1)Cc1cccc(Br)c1.O[C@H](Cc1ccccc1)Cc1cccc(Br)c1. The lowest BCUT2D eigenvalue weighted by molar-refractivity contribution is 0.103. The monoisotopic (exact) mass is 594 g/mol. The van der Waals surface area contributed by atoms with E-state index in [2.05, 4.69) is 74.3 Å². The Morgan fingerprint density at radius 1 is 0.571 bits per heavy atom. The van der Waals surface area contributed by atoms with Gasteiger partial charge in [0.05, 0.1) is 12.2 Å². The highest BCUT2D eigenvalue weighted by Crippen LogP contribution is 2.16. The Bertz CT molecular complexity index is 1130. The van der Waals surface area contributed by atoms with E-state index in [9.17, 15) is 5.11 Å². The lowest BCUT2D eigenvalue weighted by Gasteiger charge is -2.15. The number of hydrogen-bond donors (Lipinski definition) is 1. The van der Waals surface area contributed by atoms with Crippen LogP contribution in [0.15, 0.2) is 118 Å². The molecule has 0 unspecified atom stereocenters. The summed E-state index contributed by atoms with van der Waals surface area (Å²) in [6.45, 7) is 0. The molecule has 0 radical (unpaired) electrons. The van der Waals surface area contributed by atoms with Crippen LogP contribution in [0.25, 0.3) is 0 Å². The second-order valence-electron chi connectivity index (χ2n) is 8.56. The first-order chi connectivity index (χ1) is 17.0. The summed E-state index contributed by atoms with van der Waals surface area (Å²) in [5.41, 5.74) is 4.95. The van der Waals surface area contributed by atoms with E-state index in [1.165, 1.54) is 16.7 Å². The molecule has 0 aliphatic carbocycles. The first-order valence-electron chi connectivity index (χ1n) is 11.8. The number of halogens is 2. The minimum Gasteiger partial charge on any atom is -0.392 e.